The maximum atomic E-state index is 16.1. The topological polar surface area (TPSA) is 67.7 Å². The first kappa shape index (κ1) is 33.3. The van der Waals surface area contributed by atoms with E-state index in [4.69, 9.17) is 48.9 Å². The molecule has 1 fully saturated rings. The van der Waals surface area contributed by atoms with Gasteiger partial charge in [0, 0.05) is 13.1 Å². The first-order valence-electron chi connectivity index (χ1n) is 14.4. The largest absolute Gasteiger partial charge is 0.401 e. The fraction of sp³-hybridized carbons (Fsp3) is 0.375. The van der Waals surface area contributed by atoms with Crippen LogP contribution in [0.25, 0.3) is 0 Å². The third-order valence-corrected chi connectivity index (χ3v) is 14.8. The molecular weight excluding hydrogens is 660 g/mol. The monoisotopic (exact) mass is 693 g/mol. The molecule has 2 aromatic carbocycles. The number of aliphatic hydroxyl groups is 1. The average Bonchev–Trinajstić information content (AvgIpc) is 3.32. The second-order valence-corrected chi connectivity index (χ2v) is 18.7. The predicted octanol–water partition coefficient (Wildman–Crippen LogP) is 7.41. The Kier molecular flexibility index (Phi) is 10.1. The van der Waals surface area contributed by atoms with Crippen molar-refractivity contribution in [1.29, 1.82) is 0 Å². The van der Waals surface area contributed by atoms with Gasteiger partial charge in [-0.3, -0.25) is 0 Å². The molecule has 1 N–H and O–H groups in total. The smallest absolute Gasteiger partial charge is 0.261 e. The minimum Gasteiger partial charge on any atom is -0.401 e. The lowest BCUT2D eigenvalue weighted by molar-refractivity contribution is -0.00536. The Labute approximate surface area is 277 Å². The molecule has 0 radical (unpaired) electrons. The van der Waals surface area contributed by atoms with E-state index in [0.717, 1.165) is 21.7 Å². The Balaban J connectivity index is 1.68. The number of morpholine rings is 1. The third-order valence-electron chi connectivity index (χ3n) is 7.82. The lowest BCUT2D eigenvalue weighted by Crippen LogP contribution is -2.66. The SMILES string of the molecule is CC1CN(c2c(CO[Si](c3ccccc3)(c3ccccc3)C(C)(C)C)nc(C(O)c3sc(Cl)nc3Cl)c(F)c2Cl)CC(C)O1. The molecule has 0 spiro atoms. The maximum Gasteiger partial charge on any atom is 0.261 e. The van der Waals surface area contributed by atoms with Gasteiger partial charge < -0.3 is 19.2 Å². The summed E-state index contributed by atoms with van der Waals surface area (Å²) in [7, 11) is -3.01. The van der Waals surface area contributed by atoms with Crippen molar-refractivity contribution < 1.29 is 18.7 Å². The van der Waals surface area contributed by atoms with Crippen molar-refractivity contribution in [3.05, 3.63) is 97.4 Å². The zero-order valence-electron chi connectivity index (χ0n) is 25.2. The van der Waals surface area contributed by atoms with Crippen LogP contribution in [-0.2, 0) is 15.8 Å². The number of anilines is 1. The van der Waals surface area contributed by atoms with Crippen LogP contribution < -0.4 is 15.3 Å². The fourth-order valence-electron chi connectivity index (χ4n) is 6.07. The minimum atomic E-state index is -3.01. The average molecular weight is 695 g/mol. The van der Waals surface area contributed by atoms with Gasteiger partial charge in [0.15, 0.2) is 10.3 Å². The highest BCUT2D eigenvalue weighted by Gasteiger charge is 2.50. The van der Waals surface area contributed by atoms with Crippen LogP contribution >= 0.6 is 46.1 Å². The van der Waals surface area contributed by atoms with Gasteiger partial charge >= 0.3 is 0 Å². The minimum absolute atomic E-state index is 0.0135. The number of rotatable bonds is 8. The normalized spacial score (nSPS) is 18.5. The van der Waals surface area contributed by atoms with Crippen LogP contribution in [0.5, 0.6) is 0 Å². The number of halogens is 4. The molecule has 1 aliphatic heterocycles. The van der Waals surface area contributed by atoms with E-state index >= 15 is 4.39 Å². The fourth-order valence-corrected chi connectivity index (χ4v) is 12.3. The van der Waals surface area contributed by atoms with Gasteiger partial charge in [-0.25, -0.2) is 14.4 Å². The molecule has 1 aliphatic rings. The standard InChI is InChI=1S/C32H35Cl3FN3O3SSi/c1-19-16-39(17-20(2)42-19)27-23(37-26(25(36)24(27)33)28(40)29-30(34)38-31(35)43-29)18-41-44(32(3,4)5,21-12-8-6-9-13-21)22-14-10-7-11-15-22/h6-15,19-20,28,40H,16-18H2,1-5H3. The van der Waals surface area contributed by atoms with Gasteiger partial charge in [0.25, 0.3) is 8.32 Å². The van der Waals surface area contributed by atoms with Gasteiger partial charge in [-0.1, -0.05) is 116 Å². The lowest BCUT2D eigenvalue weighted by atomic mass is 10.1. The van der Waals surface area contributed by atoms with E-state index in [0.29, 0.717) is 24.5 Å². The van der Waals surface area contributed by atoms with E-state index < -0.39 is 20.2 Å². The van der Waals surface area contributed by atoms with Crippen molar-refractivity contribution in [3.63, 3.8) is 0 Å². The van der Waals surface area contributed by atoms with Crippen molar-refractivity contribution in [1.82, 2.24) is 9.97 Å². The molecule has 234 valence electrons. The Morgan fingerprint density at radius 3 is 2.02 bits per heavy atom. The summed E-state index contributed by atoms with van der Waals surface area (Å²) in [5, 5.41) is 13.0. The van der Waals surface area contributed by atoms with E-state index in [9.17, 15) is 5.11 Å². The summed E-state index contributed by atoms with van der Waals surface area (Å²) in [5.74, 6) is -0.837. The summed E-state index contributed by atoms with van der Waals surface area (Å²) in [6.07, 6.45) is -1.77. The molecule has 4 aromatic rings. The Bertz CT molecular complexity index is 1560. The van der Waals surface area contributed by atoms with Gasteiger partial charge in [-0.2, -0.15) is 0 Å². The first-order valence-corrected chi connectivity index (χ1v) is 18.2. The van der Waals surface area contributed by atoms with Crippen molar-refractivity contribution in [2.75, 3.05) is 18.0 Å². The molecule has 0 saturated carbocycles. The third kappa shape index (κ3) is 6.44. The maximum absolute atomic E-state index is 16.1. The second-order valence-electron chi connectivity index (χ2n) is 12.1. The number of aliphatic hydroxyl groups excluding tert-OH is 1. The summed E-state index contributed by atoms with van der Waals surface area (Å²) >= 11 is 20.1. The molecule has 0 aliphatic carbocycles. The molecule has 5 rings (SSSR count). The van der Waals surface area contributed by atoms with Crippen molar-refractivity contribution in [2.45, 2.75) is 64.6 Å². The summed E-state index contributed by atoms with van der Waals surface area (Å²) in [6, 6.07) is 20.5. The Morgan fingerprint density at radius 1 is 1.00 bits per heavy atom. The number of pyridine rings is 1. The van der Waals surface area contributed by atoms with Gasteiger partial charge in [0.2, 0.25) is 0 Å². The van der Waals surface area contributed by atoms with Crippen molar-refractivity contribution in [2.24, 2.45) is 0 Å². The molecule has 0 amide bonds. The highest BCUT2D eigenvalue weighted by molar-refractivity contribution is 7.16. The predicted molar refractivity (Wildman–Crippen MR) is 180 cm³/mol. The zero-order chi connectivity index (χ0) is 31.8. The number of hydrogen-bond acceptors (Lipinski definition) is 7. The van der Waals surface area contributed by atoms with E-state index in [1.165, 1.54) is 0 Å². The van der Waals surface area contributed by atoms with Crippen LogP contribution in [0.1, 0.15) is 57.0 Å². The second kappa shape index (κ2) is 13.3. The van der Waals surface area contributed by atoms with Crippen molar-refractivity contribution >= 4 is 70.5 Å². The highest BCUT2D eigenvalue weighted by atomic mass is 35.5. The number of thiazole rings is 1. The zero-order valence-corrected chi connectivity index (χ0v) is 29.2. The van der Waals surface area contributed by atoms with Gasteiger partial charge in [0.05, 0.1) is 35.1 Å². The quantitative estimate of drug-likeness (QED) is 0.194. The highest BCUT2D eigenvalue weighted by Crippen LogP contribution is 2.42. The van der Waals surface area contributed by atoms with E-state index in [1.807, 2.05) is 55.1 Å². The number of ether oxygens (including phenoxy) is 1. The van der Waals surface area contributed by atoms with Crippen LogP contribution in [0, 0.1) is 5.82 Å². The molecule has 6 nitrogen and oxygen atoms in total. The van der Waals surface area contributed by atoms with Gasteiger partial charge in [-0.05, 0) is 29.3 Å². The first-order chi connectivity index (χ1) is 20.8. The molecular formula is C32H35Cl3FN3O3SSi. The number of hydrogen-bond donors (Lipinski definition) is 1. The number of aromatic nitrogens is 2. The molecule has 3 unspecified atom stereocenters. The van der Waals surface area contributed by atoms with Gasteiger partial charge in [0.1, 0.15) is 22.0 Å². The molecule has 0 bridgehead atoms. The van der Waals surface area contributed by atoms with Crippen LogP contribution in [-0.4, -0.2) is 48.7 Å². The lowest BCUT2D eigenvalue weighted by Gasteiger charge is -2.43. The molecule has 3 atom stereocenters. The van der Waals surface area contributed by atoms with E-state index in [1.54, 1.807) is 0 Å². The molecule has 1 saturated heterocycles. The summed E-state index contributed by atoms with van der Waals surface area (Å²) < 4.78 is 29.4. The van der Waals surface area contributed by atoms with Crippen LogP contribution in [0.15, 0.2) is 60.7 Å². The Morgan fingerprint density at radius 2 is 1.55 bits per heavy atom. The van der Waals surface area contributed by atoms with Crippen molar-refractivity contribution in [3.8, 4) is 0 Å². The summed E-state index contributed by atoms with van der Waals surface area (Å²) in [6.45, 7) is 11.5. The van der Waals surface area contributed by atoms with Crippen LogP contribution in [0.3, 0.4) is 0 Å². The summed E-state index contributed by atoms with van der Waals surface area (Å²) in [5.41, 5.74) is 0.566. The van der Waals surface area contributed by atoms with Crippen LogP contribution in [0.2, 0.25) is 19.7 Å². The molecule has 3 heterocycles. The molecule has 12 heteroatoms. The van der Waals surface area contributed by atoms with Crippen LogP contribution in [0.4, 0.5) is 10.1 Å². The Hall–Kier alpha value is -2.08. The number of benzene rings is 2. The molecule has 44 heavy (non-hydrogen) atoms. The van der Waals surface area contributed by atoms with Gasteiger partial charge in [-0.15, -0.1) is 11.3 Å². The molecule has 2 aromatic heterocycles. The van der Waals surface area contributed by atoms with E-state index in [2.05, 4.69) is 50.0 Å². The number of nitrogens with zero attached hydrogens (tertiary/aromatic N) is 3. The van der Waals surface area contributed by atoms with E-state index in [-0.39, 0.29) is 49.1 Å². The summed E-state index contributed by atoms with van der Waals surface area (Å²) in [4.78, 5) is 10.9.